The Bertz CT molecular complexity index is 729. The van der Waals surface area contributed by atoms with Gasteiger partial charge in [-0.15, -0.1) is 0 Å². The van der Waals surface area contributed by atoms with Gasteiger partial charge in [-0.1, -0.05) is 83.3 Å². The molecule has 0 saturated carbocycles. The second kappa shape index (κ2) is 6.89. The molecular formula is C16H12Cl3NO3. The maximum atomic E-state index is 10.9. The van der Waals surface area contributed by atoms with Gasteiger partial charge >= 0.3 is 0 Å². The number of halogens is 3. The largest absolute Gasteiger partial charge is 0.376 e. The first-order valence-electron chi connectivity index (χ1n) is 6.52. The van der Waals surface area contributed by atoms with E-state index in [9.17, 15) is 15.2 Å². The molecule has 0 amide bonds. The summed E-state index contributed by atoms with van der Waals surface area (Å²) < 4.78 is -2.12. The van der Waals surface area contributed by atoms with E-state index in [1.807, 2.05) is 30.3 Å². The first kappa shape index (κ1) is 17.8. The highest BCUT2D eigenvalue weighted by Crippen LogP contribution is 2.46. The summed E-state index contributed by atoms with van der Waals surface area (Å²) in [5.74, 6) is 0. The van der Waals surface area contributed by atoms with E-state index in [1.54, 1.807) is 6.08 Å². The van der Waals surface area contributed by atoms with E-state index in [-0.39, 0.29) is 11.3 Å². The van der Waals surface area contributed by atoms with Crippen LogP contribution in [0.15, 0.2) is 60.7 Å². The zero-order valence-electron chi connectivity index (χ0n) is 11.7. The summed E-state index contributed by atoms with van der Waals surface area (Å²) >= 11 is 17.8. The smallest absolute Gasteiger partial charge is 0.269 e. The second-order valence-corrected chi connectivity index (χ2v) is 7.10. The van der Waals surface area contributed by atoms with E-state index in [4.69, 9.17) is 34.8 Å². The molecule has 4 nitrogen and oxygen atoms in total. The molecule has 0 spiro atoms. The topological polar surface area (TPSA) is 63.4 Å². The highest BCUT2D eigenvalue weighted by molar-refractivity contribution is 6.68. The van der Waals surface area contributed by atoms with Gasteiger partial charge in [0.2, 0.25) is 3.79 Å². The molecule has 0 aliphatic carbocycles. The Morgan fingerprint density at radius 3 is 2.26 bits per heavy atom. The van der Waals surface area contributed by atoms with Gasteiger partial charge < -0.3 is 5.11 Å². The molecule has 0 radical (unpaired) electrons. The van der Waals surface area contributed by atoms with Gasteiger partial charge in [0.25, 0.3) is 5.69 Å². The second-order valence-electron chi connectivity index (χ2n) is 4.82. The predicted molar refractivity (Wildman–Crippen MR) is 92.8 cm³/mol. The molecule has 1 atom stereocenters. The van der Waals surface area contributed by atoms with Crippen LogP contribution in [-0.4, -0.2) is 13.8 Å². The minimum atomic E-state index is -2.12. The van der Waals surface area contributed by atoms with Gasteiger partial charge in [-0.2, -0.15) is 0 Å². The number of nitro groups is 1. The summed E-state index contributed by atoms with van der Waals surface area (Å²) in [7, 11) is 0. The van der Waals surface area contributed by atoms with Gasteiger partial charge in [-0.05, 0) is 17.2 Å². The number of nitrogens with zero attached hydrogens (tertiary/aromatic N) is 1. The van der Waals surface area contributed by atoms with Crippen molar-refractivity contribution in [2.75, 3.05) is 0 Å². The van der Waals surface area contributed by atoms with Crippen LogP contribution in [0.2, 0.25) is 0 Å². The van der Waals surface area contributed by atoms with E-state index >= 15 is 0 Å². The molecule has 23 heavy (non-hydrogen) atoms. The van der Waals surface area contributed by atoms with Crippen LogP contribution in [-0.2, 0) is 5.60 Å². The van der Waals surface area contributed by atoms with Gasteiger partial charge in [-0.3, -0.25) is 10.1 Å². The zero-order chi connectivity index (χ0) is 17.1. The molecule has 2 aromatic carbocycles. The van der Waals surface area contributed by atoms with Gasteiger partial charge in [0, 0.05) is 12.1 Å². The van der Waals surface area contributed by atoms with Crippen molar-refractivity contribution in [2.24, 2.45) is 0 Å². The third kappa shape index (κ3) is 4.03. The van der Waals surface area contributed by atoms with Gasteiger partial charge in [-0.25, -0.2) is 0 Å². The number of nitro benzene ring substituents is 1. The lowest BCUT2D eigenvalue weighted by Gasteiger charge is -2.32. The fourth-order valence-corrected chi connectivity index (χ4v) is 2.51. The summed E-state index contributed by atoms with van der Waals surface area (Å²) in [6.45, 7) is 0. The van der Waals surface area contributed by atoms with Crippen molar-refractivity contribution < 1.29 is 10.0 Å². The van der Waals surface area contributed by atoms with Crippen LogP contribution in [0.3, 0.4) is 0 Å². The van der Waals surface area contributed by atoms with Crippen molar-refractivity contribution in [3.05, 3.63) is 81.9 Å². The quantitative estimate of drug-likeness (QED) is 0.473. The van der Waals surface area contributed by atoms with Gasteiger partial charge in [0.15, 0.2) is 5.60 Å². The van der Waals surface area contributed by atoms with Crippen molar-refractivity contribution in [2.45, 2.75) is 9.39 Å². The first-order valence-corrected chi connectivity index (χ1v) is 7.66. The molecule has 0 heterocycles. The molecular weight excluding hydrogens is 361 g/mol. The standard InChI is InChI=1S/C16H12Cl3NO3/c17-16(18,19)15(21,10-9-12-5-2-1-3-6-12)13-7-4-8-14(11-13)20(22)23/h1-11,21H/b10-9+. The van der Waals surface area contributed by atoms with Crippen LogP contribution in [0, 0.1) is 10.1 Å². The molecule has 0 aliphatic heterocycles. The number of alkyl halides is 3. The SMILES string of the molecule is O=[N+]([O-])c1cccc(C(O)(/C=C/c2ccccc2)C(Cl)(Cl)Cl)c1. The molecule has 0 bridgehead atoms. The van der Waals surface area contributed by atoms with Crippen LogP contribution >= 0.6 is 34.8 Å². The van der Waals surface area contributed by atoms with Crippen molar-refractivity contribution in [1.82, 2.24) is 0 Å². The maximum absolute atomic E-state index is 10.9. The summed E-state index contributed by atoms with van der Waals surface area (Å²) in [5, 5.41) is 21.8. The Labute approximate surface area is 148 Å². The number of benzene rings is 2. The van der Waals surface area contributed by atoms with E-state index in [0.29, 0.717) is 0 Å². The molecule has 2 rings (SSSR count). The zero-order valence-corrected chi connectivity index (χ0v) is 14.0. The lowest BCUT2D eigenvalue weighted by Crippen LogP contribution is -2.38. The normalized spacial score (nSPS) is 14.6. The highest BCUT2D eigenvalue weighted by Gasteiger charge is 2.47. The Balaban J connectivity index is 2.50. The number of non-ortho nitro benzene ring substituents is 1. The molecule has 0 aromatic heterocycles. The molecule has 2 aromatic rings. The van der Waals surface area contributed by atoms with Crippen molar-refractivity contribution in [3.63, 3.8) is 0 Å². The maximum Gasteiger partial charge on any atom is 0.269 e. The van der Waals surface area contributed by atoms with E-state index in [0.717, 1.165) is 5.56 Å². The number of hydrogen-bond donors (Lipinski definition) is 1. The molecule has 0 saturated heterocycles. The summed E-state index contributed by atoms with van der Waals surface area (Å²) in [6, 6.07) is 14.5. The Kier molecular flexibility index (Phi) is 5.32. The number of aliphatic hydroxyl groups is 1. The highest BCUT2D eigenvalue weighted by atomic mass is 35.6. The molecule has 120 valence electrons. The first-order chi connectivity index (χ1) is 10.7. The Hall–Kier alpha value is -1.59. The molecule has 7 heteroatoms. The van der Waals surface area contributed by atoms with Crippen LogP contribution < -0.4 is 0 Å². The average molecular weight is 373 g/mol. The fraction of sp³-hybridized carbons (Fsp3) is 0.125. The summed E-state index contributed by atoms with van der Waals surface area (Å²) in [6.07, 6.45) is 2.90. The lowest BCUT2D eigenvalue weighted by atomic mass is 9.93. The fourth-order valence-electron chi connectivity index (χ4n) is 1.99. The Morgan fingerprint density at radius 2 is 1.70 bits per heavy atom. The van der Waals surface area contributed by atoms with Crippen LogP contribution in [0.4, 0.5) is 5.69 Å². The van der Waals surface area contributed by atoms with Crippen LogP contribution in [0.5, 0.6) is 0 Å². The molecule has 0 aliphatic rings. The number of rotatable bonds is 4. The van der Waals surface area contributed by atoms with Crippen molar-refractivity contribution >= 4 is 46.6 Å². The van der Waals surface area contributed by atoms with Crippen LogP contribution in [0.1, 0.15) is 11.1 Å². The minimum Gasteiger partial charge on any atom is -0.376 e. The lowest BCUT2D eigenvalue weighted by molar-refractivity contribution is -0.385. The molecule has 0 fully saturated rings. The van der Waals surface area contributed by atoms with Crippen molar-refractivity contribution in [3.8, 4) is 0 Å². The third-order valence-electron chi connectivity index (χ3n) is 3.25. The van der Waals surface area contributed by atoms with E-state index in [2.05, 4.69) is 0 Å². The average Bonchev–Trinajstić information content (AvgIpc) is 2.52. The minimum absolute atomic E-state index is 0.110. The molecule has 1 N–H and O–H groups in total. The summed E-state index contributed by atoms with van der Waals surface area (Å²) in [5.41, 5.74) is -1.34. The Morgan fingerprint density at radius 1 is 1.04 bits per heavy atom. The van der Waals surface area contributed by atoms with E-state index < -0.39 is 14.3 Å². The molecule has 1 unspecified atom stereocenters. The monoisotopic (exact) mass is 371 g/mol. The van der Waals surface area contributed by atoms with Gasteiger partial charge in [0.05, 0.1) is 4.92 Å². The predicted octanol–water partition coefficient (Wildman–Crippen LogP) is 4.87. The van der Waals surface area contributed by atoms with Crippen LogP contribution in [0.25, 0.3) is 6.08 Å². The van der Waals surface area contributed by atoms with Gasteiger partial charge in [0.1, 0.15) is 0 Å². The summed E-state index contributed by atoms with van der Waals surface area (Å²) in [4.78, 5) is 10.3. The van der Waals surface area contributed by atoms with Crippen molar-refractivity contribution in [1.29, 1.82) is 0 Å². The number of hydrogen-bond acceptors (Lipinski definition) is 3. The third-order valence-corrected chi connectivity index (χ3v) is 4.11. The van der Waals surface area contributed by atoms with E-state index in [1.165, 1.54) is 30.3 Å².